The second kappa shape index (κ2) is 11.6. The number of nitriles is 1. The lowest BCUT2D eigenvalue weighted by Crippen LogP contribution is -2.31. The highest BCUT2D eigenvalue weighted by molar-refractivity contribution is 7.90. The Morgan fingerprint density at radius 1 is 1.15 bits per heavy atom. The van der Waals surface area contributed by atoms with E-state index < -0.39 is 31.4 Å². The number of benzene rings is 2. The molecule has 0 saturated heterocycles. The Balaban J connectivity index is 1.31. The molecule has 5 rings (SSSR count). The SMILES string of the molecule is N#C[C@H]1CC[C@H](CNc2ccc(S(=O)(=O)NC(=O)c3ccccc3Oc3cnc4[nH]ccc4c3)cc2[N+](=O)[O-])CC1. The molecule has 1 aliphatic rings. The van der Waals surface area contributed by atoms with Crippen molar-refractivity contribution in [3.8, 4) is 17.6 Å². The molecule has 12 nitrogen and oxygen atoms in total. The number of aromatic nitrogens is 2. The number of para-hydroxylation sites is 1. The smallest absolute Gasteiger partial charge is 0.293 e. The molecule has 0 spiro atoms. The third-order valence-electron chi connectivity index (χ3n) is 7.05. The summed E-state index contributed by atoms with van der Waals surface area (Å²) in [4.78, 5) is 31.0. The summed E-state index contributed by atoms with van der Waals surface area (Å²) in [7, 11) is -4.47. The van der Waals surface area contributed by atoms with Crippen LogP contribution < -0.4 is 14.8 Å². The summed E-state index contributed by atoms with van der Waals surface area (Å²) >= 11 is 0. The van der Waals surface area contributed by atoms with Crippen molar-refractivity contribution in [1.29, 1.82) is 5.26 Å². The van der Waals surface area contributed by atoms with Gasteiger partial charge in [-0.05, 0) is 68.0 Å². The van der Waals surface area contributed by atoms with E-state index in [4.69, 9.17) is 10.00 Å². The molecular formula is C28H26N6O6S. The first-order valence-corrected chi connectivity index (χ1v) is 14.4. The van der Waals surface area contributed by atoms with Crippen LogP contribution in [0.1, 0.15) is 36.0 Å². The van der Waals surface area contributed by atoms with E-state index in [2.05, 4.69) is 21.4 Å². The molecule has 2 aromatic carbocycles. The fraction of sp³-hybridized carbons (Fsp3) is 0.250. The van der Waals surface area contributed by atoms with Gasteiger partial charge in [-0.15, -0.1) is 0 Å². The Bertz CT molecular complexity index is 1760. The molecule has 1 amide bonds. The zero-order chi connectivity index (χ0) is 29.0. The Labute approximate surface area is 235 Å². The number of anilines is 1. The topological polar surface area (TPSA) is 180 Å². The molecule has 0 bridgehead atoms. The van der Waals surface area contributed by atoms with Crippen molar-refractivity contribution in [3.63, 3.8) is 0 Å². The standard InChI is InChI=1S/C28H26N6O6S/c29-15-18-5-7-19(8-6-18)16-31-24-10-9-22(14-25(24)34(36)37)41(38,39)33-28(35)23-3-1-2-4-26(23)40-21-13-20-11-12-30-27(20)32-17-21/h1-4,9-14,17-19,31H,5-8,16H2,(H,30,32)(H,33,35)/t18-,19-. The van der Waals surface area contributed by atoms with Gasteiger partial charge in [-0.25, -0.2) is 18.1 Å². The van der Waals surface area contributed by atoms with Crippen LogP contribution in [0.3, 0.4) is 0 Å². The van der Waals surface area contributed by atoms with Gasteiger partial charge in [0.25, 0.3) is 21.6 Å². The van der Waals surface area contributed by atoms with Crippen LogP contribution in [0.15, 0.2) is 71.9 Å². The number of rotatable bonds is 9. The van der Waals surface area contributed by atoms with E-state index in [1.165, 1.54) is 30.5 Å². The number of aromatic amines is 1. The third kappa shape index (κ3) is 6.28. The molecule has 4 aromatic rings. The normalized spacial score (nSPS) is 17.0. The van der Waals surface area contributed by atoms with Crippen LogP contribution in [-0.4, -0.2) is 35.8 Å². The predicted octanol–water partition coefficient (Wildman–Crippen LogP) is 5.12. The number of nitrogens with one attached hydrogen (secondary N) is 3. The second-order valence-electron chi connectivity index (χ2n) is 9.78. The number of nitro groups is 1. The van der Waals surface area contributed by atoms with Crippen molar-refractivity contribution >= 4 is 38.3 Å². The number of H-pyrrole nitrogens is 1. The summed E-state index contributed by atoms with van der Waals surface area (Å²) in [6.45, 7) is 0.463. The number of fused-ring (bicyclic) bond motifs is 1. The van der Waals surface area contributed by atoms with Crippen molar-refractivity contribution in [3.05, 3.63) is 82.7 Å². The number of nitro benzene ring substituents is 1. The van der Waals surface area contributed by atoms with Gasteiger partial charge in [-0.1, -0.05) is 12.1 Å². The highest BCUT2D eigenvalue weighted by Crippen LogP contribution is 2.32. The third-order valence-corrected chi connectivity index (χ3v) is 8.38. The van der Waals surface area contributed by atoms with Crippen molar-refractivity contribution < 1.29 is 22.9 Å². The number of ether oxygens (including phenoxy) is 1. The molecule has 2 aromatic heterocycles. The highest BCUT2D eigenvalue weighted by atomic mass is 32.2. The van der Waals surface area contributed by atoms with Gasteiger partial charge >= 0.3 is 0 Å². The lowest BCUT2D eigenvalue weighted by molar-refractivity contribution is -0.384. The van der Waals surface area contributed by atoms with Gasteiger partial charge in [-0.2, -0.15) is 5.26 Å². The maximum Gasteiger partial charge on any atom is 0.293 e. The molecule has 1 aliphatic carbocycles. The molecule has 1 fully saturated rings. The van der Waals surface area contributed by atoms with Gasteiger partial charge < -0.3 is 15.0 Å². The minimum Gasteiger partial charge on any atom is -0.455 e. The summed E-state index contributed by atoms with van der Waals surface area (Å²) in [6.07, 6.45) is 6.43. The number of hydrogen-bond acceptors (Lipinski definition) is 9. The van der Waals surface area contributed by atoms with Crippen molar-refractivity contribution in [1.82, 2.24) is 14.7 Å². The van der Waals surface area contributed by atoms with E-state index in [1.807, 2.05) is 4.72 Å². The van der Waals surface area contributed by atoms with Gasteiger partial charge in [0.05, 0.1) is 27.6 Å². The molecule has 1 saturated carbocycles. The summed E-state index contributed by atoms with van der Waals surface area (Å²) in [5.74, 6) is -0.216. The first-order valence-electron chi connectivity index (χ1n) is 12.9. The minimum absolute atomic E-state index is 0.0461. The Morgan fingerprint density at radius 3 is 2.68 bits per heavy atom. The molecule has 3 N–H and O–H groups in total. The van der Waals surface area contributed by atoms with Crippen LogP contribution in [0.5, 0.6) is 11.5 Å². The van der Waals surface area contributed by atoms with Gasteiger partial charge in [0, 0.05) is 30.1 Å². The largest absolute Gasteiger partial charge is 0.455 e. The Kier molecular flexibility index (Phi) is 7.84. The zero-order valence-corrected chi connectivity index (χ0v) is 22.6. The molecule has 13 heteroatoms. The van der Waals surface area contributed by atoms with Crippen LogP contribution in [0.4, 0.5) is 11.4 Å². The molecule has 2 heterocycles. The average Bonchev–Trinajstić information content (AvgIpc) is 3.44. The van der Waals surface area contributed by atoms with Crippen LogP contribution in [-0.2, 0) is 10.0 Å². The van der Waals surface area contributed by atoms with Crippen LogP contribution in [0.25, 0.3) is 11.0 Å². The summed E-state index contributed by atoms with van der Waals surface area (Å²) < 4.78 is 34.0. The number of amides is 1. The van der Waals surface area contributed by atoms with Crippen LogP contribution in [0, 0.1) is 33.3 Å². The molecule has 0 atom stereocenters. The van der Waals surface area contributed by atoms with Gasteiger partial charge in [-0.3, -0.25) is 14.9 Å². The summed E-state index contributed by atoms with van der Waals surface area (Å²) in [5, 5.41) is 24.7. The van der Waals surface area contributed by atoms with E-state index >= 15 is 0 Å². The van der Waals surface area contributed by atoms with Crippen molar-refractivity contribution in [2.24, 2.45) is 11.8 Å². The first-order chi connectivity index (χ1) is 19.7. The molecule has 0 radical (unpaired) electrons. The number of pyridine rings is 1. The molecular weight excluding hydrogens is 548 g/mol. The Morgan fingerprint density at radius 2 is 1.93 bits per heavy atom. The molecule has 0 aliphatic heterocycles. The van der Waals surface area contributed by atoms with E-state index in [1.54, 1.807) is 30.5 Å². The zero-order valence-electron chi connectivity index (χ0n) is 21.7. The number of carbonyl (C=O) groups excluding carboxylic acids is 1. The predicted molar refractivity (Wildman–Crippen MR) is 150 cm³/mol. The van der Waals surface area contributed by atoms with E-state index in [0.717, 1.165) is 37.1 Å². The van der Waals surface area contributed by atoms with Crippen molar-refractivity contribution in [2.75, 3.05) is 11.9 Å². The second-order valence-corrected chi connectivity index (χ2v) is 11.5. The molecule has 210 valence electrons. The number of carbonyl (C=O) groups is 1. The van der Waals surface area contributed by atoms with E-state index in [9.17, 15) is 23.3 Å². The fourth-order valence-corrected chi connectivity index (χ4v) is 5.80. The lowest BCUT2D eigenvalue weighted by atomic mass is 9.83. The summed E-state index contributed by atoms with van der Waals surface area (Å²) in [6, 6.07) is 15.4. The quantitative estimate of drug-likeness (QED) is 0.180. The number of sulfonamides is 1. The van der Waals surface area contributed by atoms with E-state index in [0.29, 0.717) is 17.9 Å². The number of hydrogen-bond donors (Lipinski definition) is 3. The maximum atomic E-state index is 13.1. The Hall–Kier alpha value is -4.96. The molecule has 0 unspecified atom stereocenters. The summed E-state index contributed by atoms with van der Waals surface area (Å²) in [5.41, 5.74) is 0.355. The lowest BCUT2D eigenvalue weighted by Gasteiger charge is -2.25. The highest BCUT2D eigenvalue weighted by Gasteiger charge is 2.26. The first kappa shape index (κ1) is 27.6. The van der Waals surface area contributed by atoms with Crippen LogP contribution in [0.2, 0.25) is 0 Å². The average molecular weight is 575 g/mol. The maximum absolute atomic E-state index is 13.1. The van der Waals surface area contributed by atoms with Gasteiger partial charge in [0.1, 0.15) is 22.8 Å². The number of nitrogens with zero attached hydrogens (tertiary/aromatic N) is 3. The van der Waals surface area contributed by atoms with Gasteiger partial charge in [0.2, 0.25) is 0 Å². The fourth-order valence-electron chi connectivity index (χ4n) is 4.81. The van der Waals surface area contributed by atoms with Crippen molar-refractivity contribution in [2.45, 2.75) is 30.6 Å². The molecule has 41 heavy (non-hydrogen) atoms. The van der Waals surface area contributed by atoms with Crippen LogP contribution >= 0.6 is 0 Å². The monoisotopic (exact) mass is 574 g/mol. The minimum atomic E-state index is -4.47. The van der Waals surface area contributed by atoms with E-state index in [-0.39, 0.29) is 28.8 Å². The van der Waals surface area contributed by atoms with Gasteiger partial charge in [0.15, 0.2) is 0 Å².